The van der Waals surface area contributed by atoms with Crippen LogP contribution < -0.4 is 5.32 Å². The van der Waals surface area contributed by atoms with Gasteiger partial charge in [-0.15, -0.1) is 0 Å². The summed E-state index contributed by atoms with van der Waals surface area (Å²) in [7, 11) is 0. The molecule has 0 aliphatic heterocycles. The van der Waals surface area contributed by atoms with Crippen LogP contribution in [0.3, 0.4) is 0 Å². The van der Waals surface area contributed by atoms with Crippen LogP contribution in [0.25, 0.3) is 0 Å². The van der Waals surface area contributed by atoms with E-state index in [2.05, 4.69) is 26.8 Å². The number of pyridine rings is 1. The quantitative estimate of drug-likeness (QED) is 0.917. The highest BCUT2D eigenvalue weighted by Crippen LogP contribution is 2.43. The van der Waals surface area contributed by atoms with Gasteiger partial charge in [-0.05, 0) is 36.5 Å². The van der Waals surface area contributed by atoms with Crippen molar-refractivity contribution >= 4 is 16.5 Å². The minimum Gasteiger partial charge on any atom is -0.371 e. The number of anilines is 1. The number of hydrogen-bond donors (Lipinski definition) is 1. The fourth-order valence-corrected chi connectivity index (χ4v) is 2.89. The average molecular weight is 256 g/mol. The van der Waals surface area contributed by atoms with E-state index >= 15 is 0 Å². The minimum atomic E-state index is 0.404. The van der Waals surface area contributed by atoms with E-state index in [0.717, 1.165) is 17.1 Å². The normalized spacial score (nSPS) is 21.3. The third-order valence-corrected chi connectivity index (χ3v) is 4.06. The Morgan fingerprint density at radius 1 is 1.56 bits per heavy atom. The number of rotatable bonds is 3. The van der Waals surface area contributed by atoms with Crippen molar-refractivity contribution in [3.8, 4) is 6.07 Å². The lowest BCUT2D eigenvalue weighted by Crippen LogP contribution is -2.04. The summed E-state index contributed by atoms with van der Waals surface area (Å²) < 4.78 is 4.21. The third kappa shape index (κ3) is 1.95. The van der Waals surface area contributed by atoms with Gasteiger partial charge >= 0.3 is 0 Å². The van der Waals surface area contributed by atoms with Gasteiger partial charge in [0.2, 0.25) is 0 Å². The number of hydrogen-bond acceptors (Lipinski definition) is 5. The maximum atomic E-state index is 9.07. The first-order valence-corrected chi connectivity index (χ1v) is 6.59. The van der Waals surface area contributed by atoms with Gasteiger partial charge in [-0.2, -0.15) is 9.64 Å². The summed E-state index contributed by atoms with van der Waals surface area (Å²) in [5, 5.41) is 13.4. The molecule has 0 aromatic carbocycles. The van der Waals surface area contributed by atoms with E-state index in [1.807, 2.05) is 19.2 Å². The lowest BCUT2D eigenvalue weighted by atomic mass is 10.2. The Hall–Kier alpha value is -1.93. The Labute approximate surface area is 109 Å². The zero-order valence-corrected chi connectivity index (χ0v) is 10.7. The number of nitrogens with zero attached hydrogens (tertiary/aromatic N) is 3. The van der Waals surface area contributed by atoms with Gasteiger partial charge < -0.3 is 5.32 Å². The molecule has 2 aromatic heterocycles. The summed E-state index contributed by atoms with van der Waals surface area (Å²) in [4.78, 5) is 4.14. The second-order valence-electron chi connectivity index (χ2n) is 4.46. The standard InChI is InChI=1S/C13H12N4S/c1-8-11(6-14)13(18-17-8)16-12-5-10(12)9-3-2-4-15-7-9/h2-4,7,10,12,16H,5H2,1H3/t10-,12+/m1/s1. The molecule has 2 aromatic rings. The lowest BCUT2D eigenvalue weighted by molar-refractivity contribution is 1.03. The summed E-state index contributed by atoms with van der Waals surface area (Å²) in [6, 6.07) is 6.67. The van der Waals surface area contributed by atoms with E-state index < -0.39 is 0 Å². The second kappa shape index (κ2) is 4.39. The molecule has 2 atom stereocenters. The maximum absolute atomic E-state index is 9.07. The molecule has 1 N–H and O–H groups in total. The molecular formula is C13H12N4S. The Kier molecular flexibility index (Phi) is 2.73. The number of aryl methyl sites for hydroxylation is 1. The molecule has 0 unspecified atom stereocenters. The first kappa shape index (κ1) is 11.2. The first-order chi connectivity index (χ1) is 8.79. The highest BCUT2D eigenvalue weighted by molar-refractivity contribution is 7.10. The van der Waals surface area contributed by atoms with Crippen molar-refractivity contribution in [1.29, 1.82) is 5.26 Å². The van der Waals surface area contributed by atoms with E-state index in [1.165, 1.54) is 17.1 Å². The molecule has 1 aliphatic carbocycles. The van der Waals surface area contributed by atoms with Crippen molar-refractivity contribution in [2.45, 2.75) is 25.3 Å². The summed E-state index contributed by atoms with van der Waals surface area (Å²) >= 11 is 1.37. The van der Waals surface area contributed by atoms with Crippen LogP contribution >= 0.6 is 11.5 Å². The van der Waals surface area contributed by atoms with Crippen molar-refractivity contribution in [2.24, 2.45) is 0 Å². The molecule has 0 spiro atoms. The van der Waals surface area contributed by atoms with Crippen LogP contribution in [0, 0.1) is 18.3 Å². The molecule has 1 saturated carbocycles. The fraction of sp³-hybridized carbons (Fsp3) is 0.308. The maximum Gasteiger partial charge on any atom is 0.127 e. The Morgan fingerprint density at radius 3 is 3.17 bits per heavy atom. The molecule has 0 radical (unpaired) electrons. The van der Waals surface area contributed by atoms with Crippen LogP contribution in [-0.4, -0.2) is 15.4 Å². The molecule has 18 heavy (non-hydrogen) atoms. The van der Waals surface area contributed by atoms with Crippen molar-refractivity contribution in [3.05, 3.63) is 41.3 Å². The minimum absolute atomic E-state index is 0.404. The number of aromatic nitrogens is 2. The van der Waals surface area contributed by atoms with Crippen molar-refractivity contribution in [1.82, 2.24) is 9.36 Å². The SMILES string of the molecule is Cc1nsc(N[C@H]2C[C@@H]2c2cccnc2)c1C#N. The van der Waals surface area contributed by atoms with Gasteiger partial charge in [0.05, 0.1) is 5.69 Å². The van der Waals surface area contributed by atoms with Crippen molar-refractivity contribution in [3.63, 3.8) is 0 Å². The summed E-state index contributed by atoms with van der Waals surface area (Å²) in [5.74, 6) is 0.507. The van der Waals surface area contributed by atoms with Crippen LogP contribution in [0.15, 0.2) is 24.5 Å². The van der Waals surface area contributed by atoms with Gasteiger partial charge in [0.15, 0.2) is 0 Å². The van der Waals surface area contributed by atoms with Crippen LogP contribution in [0.1, 0.15) is 29.2 Å². The van der Waals surface area contributed by atoms with E-state index in [9.17, 15) is 0 Å². The predicted octanol–water partition coefficient (Wildman–Crippen LogP) is 2.69. The summed E-state index contributed by atoms with van der Waals surface area (Å²) in [6.45, 7) is 1.87. The van der Waals surface area contributed by atoms with Gasteiger partial charge in [-0.25, -0.2) is 0 Å². The van der Waals surface area contributed by atoms with Crippen molar-refractivity contribution in [2.75, 3.05) is 5.32 Å². The largest absolute Gasteiger partial charge is 0.371 e. The third-order valence-electron chi connectivity index (χ3n) is 3.19. The Balaban J connectivity index is 1.72. The molecule has 1 aliphatic rings. The zero-order chi connectivity index (χ0) is 12.5. The Morgan fingerprint density at radius 2 is 2.44 bits per heavy atom. The molecule has 3 rings (SSSR count). The smallest absolute Gasteiger partial charge is 0.127 e. The van der Waals surface area contributed by atoms with E-state index in [-0.39, 0.29) is 0 Å². The van der Waals surface area contributed by atoms with Crippen LogP contribution in [0.2, 0.25) is 0 Å². The average Bonchev–Trinajstić information content (AvgIpc) is 3.08. The van der Waals surface area contributed by atoms with E-state index in [4.69, 9.17) is 5.26 Å². The monoisotopic (exact) mass is 256 g/mol. The number of nitrogens with one attached hydrogen (secondary N) is 1. The molecule has 0 saturated heterocycles. The highest BCUT2D eigenvalue weighted by atomic mass is 32.1. The van der Waals surface area contributed by atoms with Gasteiger partial charge in [-0.3, -0.25) is 4.98 Å². The predicted molar refractivity (Wildman–Crippen MR) is 70.6 cm³/mol. The van der Waals surface area contributed by atoms with Gasteiger partial charge in [0.1, 0.15) is 16.6 Å². The van der Waals surface area contributed by atoms with Gasteiger partial charge in [-0.1, -0.05) is 6.07 Å². The molecule has 4 nitrogen and oxygen atoms in total. The zero-order valence-electron chi connectivity index (χ0n) is 9.92. The topological polar surface area (TPSA) is 61.6 Å². The van der Waals surface area contributed by atoms with E-state index in [1.54, 1.807) is 6.20 Å². The van der Waals surface area contributed by atoms with Gasteiger partial charge in [0.25, 0.3) is 0 Å². The molecule has 5 heteroatoms. The van der Waals surface area contributed by atoms with Crippen molar-refractivity contribution < 1.29 is 0 Å². The molecule has 2 heterocycles. The van der Waals surface area contributed by atoms with Gasteiger partial charge in [0, 0.05) is 24.4 Å². The molecular weight excluding hydrogens is 244 g/mol. The summed E-state index contributed by atoms with van der Waals surface area (Å²) in [6.07, 6.45) is 4.79. The molecule has 1 fully saturated rings. The molecule has 0 bridgehead atoms. The highest BCUT2D eigenvalue weighted by Gasteiger charge is 2.39. The second-order valence-corrected chi connectivity index (χ2v) is 5.24. The fourth-order valence-electron chi connectivity index (χ4n) is 2.09. The van der Waals surface area contributed by atoms with E-state index in [0.29, 0.717) is 17.5 Å². The summed E-state index contributed by atoms with van der Waals surface area (Å²) in [5.41, 5.74) is 2.75. The number of nitriles is 1. The first-order valence-electron chi connectivity index (χ1n) is 5.82. The lowest BCUT2D eigenvalue weighted by Gasteiger charge is -2.02. The van der Waals surface area contributed by atoms with Crippen LogP contribution in [0.4, 0.5) is 5.00 Å². The Bertz CT molecular complexity index is 599. The van der Waals surface area contributed by atoms with Crippen LogP contribution in [0.5, 0.6) is 0 Å². The molecule has 90 valence electrons. The molecule has 0 amide bonds. The van der Waals surface area contributed by atoms with Crippen LogP contribution in [-0.2, 0) is 0 Å².